The van der Waals surface area contributed by atoms with E-state index in [2.05, 4.69) is 36.4 Å². The summed E-state index contributed by atoms with van der Waals surface area (Å²) in [4.78, 5) is 18.3. The Bertz CT molecular complexity index is 435. The number of hydrogen-bond donors (Lipinski definition) is 2. The molecule has 1 atom stereocenters. The lowest BCUT2D eigenvalue weighted by Gasteiger charge is -2.34. The fraction of sp³-hybridized carbons (Fsp3) is 0.889. The van der Waals surface area contributed by atoms with Crippen LogP contribution in [0.25, 0.3) is 0 Å². The predicted octanol–water partition coefficient (Wildman–Crippen LogP) is 2.99. The van der Waals surface area contributed by atoms with Gasteiger partial charge in [0.2, 0.25) is 0 Å². The van der Waals surface area contributed by atoms with Gasteiger partial charge >= 0.3 is 6.09 Å². The van der Waals surface area contributed by atoms with Crippen molar-refractivity contribution in [3.8, 4) is 0 Å². The summed E-state index contributed by atoms with van der Waals surface area (Å²) >= 11 is 0. The number of aliphatic imine (C=N–C) groups is 1. The number of rotatable bonds is 3. The molecule has 0 spiro atoms. The Hall–Kier alpha value is -1.46. The molecule has 1 unspecified atom stereocenters. The van der Waals surface area contributed by atoms with Gasteiger partial charge in [0, 0.05) is 32.2 Å². The van der Waals surface area contributed by atoms with Gasteiger partial charge in [0.1, 0.15) is 5.60 Å². The maximum Gasteiger partial charge on any atom is 0.410 e. The third kappa shape index (κ3) is 8.41. The number of ether oxygens (including phenoxy) is 1. The molecule has 1 aliphatic rings. The van der Waals surface area contributed by atoms with Crippen LogP contribution in [0.1, 0.15) is 60.8 Å². The quantitative estimate of drug-likeness (QED) is 0.612. The van der Waals surface area contributed by atoms with E-state index in [-0.39, 0.29) is 11.6 Å². The van der Waals surface area contributed by atoms with E-state index in [0.717, 1.165) is 44.9 Å². The second-order valence-corrected chi connectivity index (χ2v) is 8.60. The molecule has 0 aliphatic carbocycles. The first kappa shape index (κ1) is 20.6. The topological polar surface area (TPSA) is 66.0 Å². The molecule has 1 fully saturated rings. The summed E-state index contributed by atoms with van der Waals surface area (Å²) in [6.07, 6.45) is 3.03. The highest BCUT2D eigenvalue weighted by Gasteiger charge is 2.27. The van der Waals surface area contributed by atoms with Crippen molar-refractivity contribution in [3.63, 3.8) is 0 Å². The zero-order chi connectivity index (χ0) is 18.4. The molecule has 0 aromatic rings. The van der Waals surface area contributed by atoms with Crippen LogP contribution in [0.2, 0.25) is 0 Å². The maximum atomic E-state index is 12.2. The number of carbonyl (C=O) groups is 1. The molecule has 6 nitrogen and oxygen atoms in total. The summed E-state index contributed by atoms with van der Waals surface area (Å²) in [6, 6.07) is 0. The van der Waals surface area contributed by atoms with E-state index in [1.807, 2.05) is 25.7 Å². The molecule has 140 valence electrons. The van der Waals surface area contributed by atoms with Gasteiger partial charge in [-0.1, -0.05) is 0 Å². The van der Waals surface area contributed by atoms with Gasteiger partial charge < -0.3 is 20.3 Å². The van der Waals surface area contributed by atoms with Gasteiger partial charge in [0.15, 0.2) is 5.96 Å². The fourth-order valence-corrected chi connectivity index (χ4v) is 2.72. The van der Waals surface area contributed by atoms with Gasteiger partial charge in [-0.15, -0.1) is 0 Å². The average molecular weight is 341 g/mol. The first-order valence-corrected chi connectivity index (χ1v) is 8.97. The molecule has 0 aromatic heterocycles. The molecular formula is C18H36N4O2. The normalized spacial score (nSPS) is 19.9. The summed E-state index contributed by atoms with van der Waals surface area (Å²) in [7, 11) is 1.78. The van der Waals surface area contributed by atoms with E-state index >= 15 is 0 Å². The third-order valence-corrected chi connectivity index (χ3v) is 3.73. The highest BCUT2D eigenvalue weighted by molar-refractivity contribution is 5.80. The molecule has 0 bridgehead atoms. The van der Waals surface area contributed by atoms with Crippen molar-refractivity contribution in [2.24, 2.45) is 10.9 Å². The molecule has 2 N–H and O–H groups in total. The molecule has 0 radical (unpaired) electrons. The van der Waals surface area contributed by atoms with Crippen molar-refractivity contribution in [2.75, 3.05) is 26.7 Å². The Kier molecular flexibility index (Phi) is 7.36. The standard InChI is InChI=1S/C18H36N4O2/c1-17(2,3)21-15(19-7)20-11-10-14-9-8-12-22(13-14)16(23)24-18(4,5)6/h14H,8-13H2,1-7H3,(H2,19,20,21). The van der Waals surface area contributed by atoms with E-state index in [9.17, 15) is 4.79 Å². The van der Waals surface area contributed by atoms with Gasteiger partial charge in [-0.05, 0) is 66.7 Å². The Morgan fingerprint density at radius 2 is 1.92 bits per heavy atom. The smallest absolute Gasteiger partial charge is 0.410 e. The number of hydrogen-bond acceptors (Lipinski definition) is 3. The summed E-state index contributed by atoms with van der Waals surface area (Å²) < 4.78 is 5.48. The Morgan fingerprint density at radius 1 is 1.25 bits per heavy atom. The molecule has 1 rings (SSSR count). The average Bonchev–Trinajstić information content (AvgIpc) is 2.43. The first-order valence-electron chi connectivity index (χ1n) is 8.97. The largest absolute Gasteiger partial charge is 0.444 e. The van der Waals surface area contributed by atoms with Crippen molar-refractivity contribution in [1.82, 2.24) is 15.5 Å². The minimum absolute atomic E-state index is 0.0137. The second-order valence-electron chi connectivity index (χ2n) is 8.60. The van der Waals surface area contributed by atoms with E-state index in [1.165, 1.54) is 0 Å². The summed E-state index contributed by atoms with van der Waals surface area (Å²) in [5.74, 6) is 1.33. The SMILES string of the molecule is CN=C(NCCC1CCCN(C(=O)OC(C)(C)C)C1)NC(C)(C)C. The number of likely N-dealkylation sites (tertiary alicyclic amines) is 1. The lowest BCUT2D eigenvalue weighted by Crippen LogP contribution is -2.48. The van der Waals surface area contributed by atoms with Crippen LogP contribution in [0.5, 0.6) is 0 Å². The Morgan fingerprint density at radius 3 is 2.46 bits per heavy atom. The minimum Gasteiger partial charge on any atom is -0.444 e. The molecule has 6 heteroatoms. The molecule has 1 aliphatic heterocycles. The Balaban J connectivity index is 2.39. The lowest BCUT2D eigenvalue weighted by molar-refractivity contribution is 0.0162. The van der Waals surface area contributed by atoms with Crippen molar-refractivity contribution < 1.29 is 9.53 Å². The molecule has 24 heavy (non-hydrogen) atoms. The monoisotopic (exact) mass is 340 g/mol. The lowest BCUT2D eigenvalue weighted by atomic mass is 9.95. The fourth-order valence-electron chi connectivity index (χ4n) is 2.72. The van der Waals surface area contributed by atoms with Gasteiger partial charge in [-0.3, -0.25) is 4.99 Å². The minimum atomic E-state index is -0.434. The summed E-state index contributed by atoms with van der Waals surface area (Å²) in [6.45, 7) is 14.5. The van der Waals surface area contributed by atoms with Gasteiger partial charge in [-0.2, -0.15) is 0 Å². The van der Waals surface area contributed by atoms with E-state index < -0.39 is 5.60 Å². The van der Waals surface area contributed by atoms with Gasteiger partial charge in [0.05, 0.1) is 0 Å². The van der Waals surface area contributed by atoms with Crippen LogP contribution >= 0.6 is 0 Å². The van der Waals surface area contributed by atoms with E-state index in [4.69, 9.17) is 4.74 Å². The van der Waals surface area contributed by atoms with Crippen molar-refractivity contribution in [1.29, 1.82) is 0 Å². The van der Waals surface area contributed by atoms with E-state index in [0.29, 0.717) is 5.92 Å². The van der Waals surface area contributed by atoms with E-state index in [1.54, 1.807) is 7.05 Å². The van der Waals surface area contributed by atoms with Crippen molar-refractivity contribution in [3.05, 3.63) is 0 Å². The van der Waals surface area contributed by atoms with Crippen LogP contribution in [0, 0.1) is 5.92 Å². The maximum absolute atomic E-state index is 12.2. The summed E-state index contributed by atoms with van der Waals surface area (Å²) in [5, 5.41) is 6.71. The number of amides is 1. The van der Waals surface area contributed by atoms with Gasteiger partial charge in [0.25, 0.3) is 0 Å². The van der Waals surface area contributed by atoms with Crippen LogP contribution in [0.4, 0.5) is 4.79 Å². The highest BCUT2D eigenvalue weighted by Crippen LogP contribution is 2.21. The number of nitrogens with one attached hydrogen (secondary N) is 2. The second kappa shape index (κ2) is 8.58. The molecule has 1 heterocycles. The molecule has 1 amide bonds. The van der Waals surface area contributed by atoms with Crippen LogP contribution in [-0.2, 0) is 4.74 Å². The number of nitrogens with zero attached hydrogens (tertiary/aromatic N) is 2. The summed E-state index contributed by atoms with van der Waals surface area (Å²) in [5.41, 5.74) is -0.448. The highest BCUT2D eigenvalue weighted by atomic mass is 16.6. The molecular weight excluding hydrogens is 304 g/mol. The van der Waals surface area contributed by atoms with Crippen molar-refractivity contribution in [2.45, 2.75) is 71.9 Å². The first-order chi connectivity index (χ1) is 11.0. The van der Waals surface area contributed by atoms with Crippen LogP contribution in [-0.4, -0.2) is 54.8 Å². The number of guanidine groups is 1. The Labute approximate surface area is 147 Å². The predicted molar refractivity (Wildman–Crippen MR) is 99.4 cm³/mol. The van der Waals surface area contributed by atoms with Gasteiger partial charge in [-0.25, -0.2) is 4.79 Å². The molecule has 1 saturated heterocycles. The third-order valence-electron chi connectivity index (χ3n) is 3.73. The zero-order valence-corrected chi connectivity index (χ0v) is 16.5. The number of piperidine rings is 1. The van der Waals surface area contributed by atoms with Crippen LogP contribution < -0.4 is 10.6 Å². The molecule has 0 saturated carbocycles. The van der Waals surface area contributed by atoms with Crippen molar-refractivity contribution >= 4 is 12.1 Å². The van der Waals surface area contributed by atoms with Crippen LogP contribution in [0.3, 0.4) is 0 Å². The zero-order valence-electron chi connectivity index (χ0n) is 16.5. The molecule has 0 aromatic carbocycles. The number of carbonyl (C=O) groups excluding carboxylic acids is 1. The van der Waals surface area contributed by atoms with Crippen LogP contribution in [0.15, 0.2) is 4.99 Å².